The fraction of sp³-hybridized carbons (Fsp3) is 0.0952. The van der Waals surface area contributed by atoms with Gasteiger partial charge in [-0.15, -0.1) is 10.2 Å². The van der Waals surface area contributed by atoms with Gasteiger partial charge in [0.1, 0.15) is 22.8 Å². The molecule has 4 aromatic rings. The largest absolute Gasteiger partial charge is 0.506 e. The molecule has 0 aliphatic rings. The number of pyridine rings is 1. The smallest absolute Gasteiger partial charge is 0.187 e. The van der Waals surface area contributed by atoms with Gasteiger partial charge in [-0.3, -0.25) is 4.40 Å². The molecule has 0 aliphatic carbocycles. The van der Waals surface area contributed by atoms with Crippen LogP contribution in [0.1, 0.15) is 11.1 Å². The van der Waals surface area contributed by atoms with Gasteiger partial charge >= 0.3 is 0 Å². The molecule has 0 saturated heterocycles. The maximum absolute atomic E-state index is 9.93. The molecule has 2 aromatic carbocycles. The Kier molecular flexibility index (Phi) is 3.97. The molecule has 0 fully saturated rings. The second-order valence-corrected chi connectivity index (χ2v) is 6.27. The van der Waals surface area contributed by atoms with E-state index in [2.05, 4.69) is 29.3 Å². The Balaban J connectivity index is 1.89. The third kappa shape index (κ3) is 2.95. The lowest BCUT2D eigenvalue weighted by Gasteiger charge is -2.01. The predicted molar refractivity (Wildman–Crippen MR) is 102 cm³/mol. The number of aromatic nitrogens is 2. The molecule has 2 aromatic heterocycles. The molecular formula is C21H18N4O. The number of rotatable bonds is 3. The average molecular weight is 342 g/mol. The van der Waals surface area contributed by atoms with Crippen molar-refractivity contribution in [2.24, 2.45) is 10.2 Å². The van der Waals surface area contributed by atoms with Crippen molar-refractivity contribution in [3.05, 3.63) is 78.0 Å². The molecule has 0 unspecified atom stereocenters. The topological polar surface area (TPSA) is 62.2 Å². The van der Waals surface area contributed by atoms with E-state index in [9.17, 15) is 5.11 Å². The van der Waals surface area contributed by atoms with Crippen LogP contribution in [0.3, 0.4) is 0 Å². The van der Waals surface area contributed by atoms with Gasteiger partial charge in [-0.05, 0) is 43.7 Å². The van der Waals surface area contributed by atoms with Crippen LogP contribution in [0.15, 0.2) is 77.1 Å². The van der Waals surface area contributed by atoms with Gasteiger partial charge in [0, 0.05) is 11.8 Å². The van der Waals surface area contributed by atoms with E-state index in [1.807, 2.05) is 47.9 Å². The highest BCUT2D eigenvalue weighted by atomic mass is 16.3. The van der Waals surface area contributed by atoms with Gasteiger partial charge < -0.3 is 5.11 Å². The minimum absolute atomic E-state index is 0.0952. The van der Waals surface area contributed by atoms with E-state index in [4.69, 9.17) is 4.98 Å². The SMILES string of the molecule is Cc1ccc(-c2nc3cc(C)ccn3c2N=Nc2ccccc2O)cc1. The van der Waals surface area contributed by atoms with E-state index in [-0.39, 0.29) is 5.75 Å². The van der Waals surface area contributed by atoms with E-state index in [0.717, 1.165) is 22.5 Å². The number of imidazole rings is 1. The molecule has 26 heavy (non-hydrogen) atoms. The van der Waals surface area contributed by atoms with E-state index >= 15 is 0 Å². The van der Waals surface area contributed by atoms with Crippen molar-refractivity contribution >= 4 is 17.2 Å². The van der Waals surface area contributed by atoms with Crippen LogP contribution in [-0.2, 0) is 0 Å². The molecule has 2 heterocycles. The summed E-state index contributed by atoms with van der Waals surface area (Å²) < 4.78 is 1.91. The summed E-state index contributed by atoms with van der Waals surface area (Å²) in [5.41, 5.74) is 5.28. The third-order valence-corrected chi connectivity index (χ3v) is 4.22. The van der Waals surface area contributed by atoms with Crippen LogP contribution in [0.25, 0.3) is 16.9 Å². The zero-order chi connectivity index (χ0) is 18.1. The first-order chi connectivity index (χ1) is 12.6. The second-order valence-electron chi connectivity index (χ2n) is 6.27. The van der Waals surface area contributed by atoms with Crippen LogP contribution in [-0.4, -0.2) is 14.5 Å². The summed E-state index contributed by atoms with van der Waals surface area (Å²) in [7, 11) is 0. The molecule has 0 spiro atoms. The van der Waals surface area contributed by atoms with Crippen LogP contribution >= 0.6 is 0 Å². The molecule has 1 N–H and O–H groups in total. The van der Waals surface area contributed by atoms with Crippen molar-refractivity contribution in [3.63, 3.8) is 0 Å². The number of para-hydroxylation sites is 1. The number of phenols is 1. The molecule has 5 nitrogen and oxygen atoms in total. The number of aromatic hydroxyl groups is 1. The van der Waals surface area contributed by atoms with Gasteiger partial charge in [0.15, 0.2) is 5.82 Å². The fourth-order valence-corrected chi connectivity index (χ4v) is 2.78. The normalized spacial score (nSPS) is 11.5. The van der Waals surface area contributed by atoms with Gasteiger partial charge in [-0.2, -0.15) is 0 Å². The van der Waals surface area contributed by atoms with E-state index in [0.29, 0.717) is 11.5 Å². The molecular weight excluding hydrogens is 324 g/mol. The van der Waals surface area contributed by atoms with E-state index < -0.39 is 0 Å². The molecule has 0 aliphatic heterocycles. The number of phenolic OH excluding ortho intramolecular Hbond substituents is 1. The Labute approximate surface area is 151 Å². The molecule has 0 amide bonds. The van der Waals surface area contributed by atoms with Crippen LogP contribution in [0.4, 0.5) is 11.5 Å². The van der Waals surface area contributed by atoms with Gasteiger partial charge in [0.05, 0.1) is 0 Å². The van der Waals surface area contributed by atoms with Gasteiger partial charge in [0.2, 0.25) is 0 Å². The summed E-state index contributed by atoms with van der Waals surface area (Å²) in [5, 5.41) is 18.6. The molecule has 128 valence electrons. The molecule has 0 atom stereocenters. The quantitative estimate of drug-likeness (QED) is 0.483. The van der Waals surface area contributed by atoms with Crippen LogP contribution in [0.5, 0.6) is 5.75 Å². The minimum Gasteiger partial charge on any atom is -0.506 e. The van der Waals surface area contributed by atoms with Crippen molar-refractivity contribution in [1.29, 1.82) is 0 Å². The van der Waals surface area contributed by atoms with Crippen LogP contribution < -0.4 is 0 Å². The van der Waals surface area contributed by atoms with Crippen molar-refractivity contribution in [3.8, 4) is 17.0 Å². The summed E-state index contributed by atoms with van der Waals surface area (Å²) in [5.74, 6) is 0.727. The highest BCUT2D eigenvalue weighted by Gasteiger charge is 2.14. The third-order valence-electron chi connectivity index (χ3n) is 4.22. The number of nitrogens with zero attached hydrogens (tertiary/aromatic N) is 4. The first-order valence-electron chi connectivity index (χ1n) is 8.37. The maximum Gasteiger partial charge on any atom is 0.187 e. The standard InChI is InChI=1S/C21H18N4O/c1-14-7-9-16(10-8-14)20-21(24-23-17-5-3-4-6-18(17)26)25-12-11-15(2)13-19(25)22-20/h3-13,26H,1-2H3. The highest BCUT2D eigenvalue weighted by Crippen LogP contribution is 2.34. The van der Waals surface area contributed by atoms with Crippen LogP contribution in [0.2, 0.25) is 0 Å². The molecule has 4 rings (SSSR count). The van der Waals surface area contributed by atoms with Crippen LogP contribution in [0, 0.1) is 13.8 Å². The number of azo groups is 1. The fourth-order valence-electron chi connectivity index (χ4n) is 2.78. The molecule has 0 bridgehead atoms. The first-order valence-corrected chi connectivity index (χ1v) is 8.37. The summed E-state index contributed by atoms with van der Waals surface area (Å²) in [4.78, 5) is 4.75. The Bertz CT molecular complexity index is 1110. The second kappa shape index (κ2) is 6.44. The summed E-state index contributed by atoms with van der Waals surface area (Å²) in [6.07, 6.45) is 1.94. The predicted octanol–water partition coefficient (Wildman–Crippen LogP) is 5.74. The van der Waals surface area contributed by atoms with Crippen molar-refractivity contribution in [1.82, 2.24) is 9.38 Å². The number of hydrogen-bond acceptors (Lipinski definition) is 4. The van der Waals surface area contributed by atoms with Gasteiger partial charge in [-0.25, -0.2) is 4.98 Å². The number of aryl methyl sites for hydroxylation is 2. The number of hydrogen-bond donors (Lipinski definition) is 1. The first kappa shape index (κ1) is 16.0. The summed E-state index contributed by atoms with van der Waals surface area (Å²) in [6.45, 7) is 4.08. The van der Waals surface area contributed by atoms with E-state index in [1.54, 1.807) is 18.2 Å². The van der Waals surface area contributed by atoms with Gasteiger partial charge in [-0.1, -0.05) is 42.0 Å². The van der Waals surface area contributed by atoms with Crippen molar-refractivity contribution in [2.45, 2.75) is 13.8 Å². The molecule has 0 saturated carbocycles. The summed E-state index contributed by atoms with van der Waals surface area (Å²) >= 11 is 0. The van der Waals surface area contributed by atoms with E-state index in [1.165, 1.54) is 5.56 Å². The lowest BCUT2D eigenvalue weighted by atomic mass is 10.1. The zero-order valence-electron chi connectivity index (χ0n) is 14.6. The lowest BCUT2D eigenvalue weighted by molar-refractivity contribution is 0.476. The van der Waals surface area contributed by atoms with Gasteiger partial charge in [0.25, 0.3) is 0 Å². The monoisotopic (exact) mass is 342 g/mol. The zero-order valence-corrected chi connectivity index (χ0v) is 14.6. The minimum atomic E-state index is 0.0952. The maximum atomic E-state index is 9.93. The summed E-state index contributed by atoms with van der Waals surface area (Å²) in [6, 6.07) is 19.1. The number of fused-ring (bicyclic) bond motifs is 1. The Morgan fingerprint density at radius 1 is 0.885 bits per heavy atom. The average Bonchev–Trinajstić information content (AvgIpc) is 2.99. The number of benzene rings is 2. The van der Waals surface area contributed by atoms with Crippen molar-refractivity contribution < 1.29 is 5.11 Å². The lowest BCUT2D eigenvalue weighted by Crippen LogP contribution is -1.84. The Hall–Kier alpha value is -3.47. The van der Waals surface area contributed by atoms with Crippen molar-refractivity contribution in [2.75, 3.05) is 0 Å². The highest BCUT2D eigenvalue weighted by molar-refractivity contribution is 5.74. The molecule has 0 radical (unpaired) electrons. The molecule has 5 heteroatoms. The Morgan fingerprint density at radius 2 is 1.65 bits per heavy atom. The Morgan fingerprint density at radius 3 is 2.42 bits per heavy atom.